The third kappa shape index (κ3) is 7.13. The quantitative estimate of drug-likeness (QED) is 0.179. The minimum atomic E-state index is -1.76. The van der Waals surface area contributed by atoms with Crippen molar-refractivity contribution in [3.05, 3.63) is 78.6 Å². The number of nitrogens with zero attached hydrogens (tertiary/aromatic N) is 2. The van der Waals surface area contributed by atoms with E-state index in [1.807, 2.05) is 73.8 Å². The lowest BCUT2D eigenvalue weighted by Crippen LogP contribution is -2.52. The number of rotatable bonds is 12. The lowest BCUT2D eigenvalue weighted by molar-refractivity contribution is -0.142. The Morgan fingerprint density at radius 2 is 1.73 bits per heavy atom. The molecule has 0 saturated heterocycles. The molecule has 0 saturated carbocycles. The van der Waals surface area contributed by atoms with Gasteiger partial charge in [-0.15, -0.1) is 0 Å². The summed E-state index contributed by atoms with van der Waals surface area (Å²) in [6, 6.07) is 18.7. The van der Waals surface area contributed by atoms with Gasteiger partial charge in [0.2, 0.25) is 0 Å². The molecule has 1 amide bonds. The molecule has 0 radical (unpaired) electrons. The molecule has 3 aromatic rings. The molecule has 9 heteroatoms. The summed E-state index contributed by atoms with van der Waals surface area (Å²) in [5.74, 6) is -0.737. The molecule has 2 aromatic carbocycles. The number of aliphatic hydroxyl groups excluding tert-OH is 3. The molecule has 0 aliphatic carbocycles. The smallest absolute Gasteiger partial charge is 0.251 e. The fourth-order valence-corrected chi connectivity index (χ4v) is 3.31. The molecule has 1 heterocycles. The lowest BCUT2D eigenvalue weighted by Gasteiger charge is -2.26. The molecule has 0 aliphatic heterocycles. The summed E-state index contributed by atoms with van der Waals surface area (Å²) in [7, 11) is 0. The predicted molar refractivity (Wildman–Crippen MR) is 126 cm³/mol. The summed E-state index contributed by atoms with van der Waals surface area (Å²) in [6.45, 7) is 2.78. The van der Waals surface area contributed by atoms with Crippen molar-refractivity contribution in [2.75, 3.05) is 18.4 Å². The van der Waals surface area contributed by atoms with Gasteiger partial charge in [0.15, 0.2) is 6.10 Å². The summed E-state index contributed by atoms with van der Waals surface area (Å²) in [5, 5.41) is 43.4. The molecular formula is C24H31N5O4. The molecule has 6 N–H and O–H groups in total. The van der Waals surface area contributed by atoms with Gasteiger partial charge in [0, 0.05) is 37.2 Å². The maximum atomic E-state index is 12.1. The summed E-state index contributed by atoms with van der Waals surface area (Å²) in [4.78, 5) is 12.1. The van der Waals surface area contributed by atoms with Crippen molar-refractivity contribution in [1.29, 1.82) is 0 Å². The molecule has 3 rings (SSSR count). The van der Waals surface area contributed by atoms with Crippen LogP contribution in [0.25, 0.3) is 5.69 Å². The second-order valence-electron chi connectivity index (χ2n) is 7.75. The van der Waals surface area contributed by atoms with Gasteiger partial charge >= 0.3 is 0 Å². The van der Waals surface area contributed by atoms with Crippen LogP contribution in [0, 0.1) is 0 Å². The number of nitrogens with one attached hydrogen (secondary N) is 3. The number of hydrogen-bond donors (Lipinski definition) is 6. The van der Waals surface area contributed by atoms with Crippen LogP contribution in [0.3, 0.4) is 0 Å². The third-order valence-corrected chi connectivity index (χ3v) is 5.25. The van der Waals surface area contributed by atoms with Gasteiger partial charge in [0.05, 0.1) is 5.69 Å². The largest absolute Gasteiger partial charge is 0.386 e. The molecule has 1 aromatic heterocycles. The van der Waals surface area contributed by atoms with Crippen LogP contribution in [-0.4, -0.2) is 62.5 Å². The highest BCUT2D eigenvalue weighted by atomic mass is 16.4. The van der Waals surface area contributed by atoms with Gasteiger partial charge in [-0.2, -0.15) is 5.10 Å². The van der Waals surface area contributed by atoms with E-state index in [0.717, 1.165) is 16.9 Å². The van der Waals surface area contributed by atoms with Crippen molar-refractivity contribution >= 4 is 11.6 Å². The summed E-state index contributed by atoms with van der Waals surface area (Å²) >= 11 is 0. The van der Waals surface area contributed by atoms with Gasteiger partial charge in [0.1, 0.15) is 12.3 Å². The number of amides is 1. The maximum Gasteiger partial charge on any atom is 0.251 e. The zero-order valence-corrected chi connectivity index (χ0v) is 18.5. The van der Waals surface area contributed by atoms with Crippen LogP contribution in [0.15, 0.2) is 73.1 Å². The highest BCUT2D eigenvalue weighted by molar-refractivity contribution is 5.81. The van der Waals surface area contributed by atoms with Gasteiger partial charge in [-0.25, -0.2) is 4.68 Å². The van der Waals surface area contributed by atoms with E-state index in [0.29, 0.717) is 19.5 Å². The van der Waals surface area contributed by atoms with E-state index < -0.39 is 24.3 Å². The van der Waals surface area contributed by atoms with Crippen LogP contribution in [0.1, 0.15) is 24.9 Å². The van der Waals surface area contributed by atoms with Crippen LogP contribution in [0.4, 0.5) is 5.69 Å². The van der Waals surface area contributed by atoms with Gasteiger partial charge < -0.3 is 26.0 Å². The monoisotopic (exact) mass is 453 g/mol. The van der Waals surface area contributed by atoms with Crippen molar-refractivity contribution in [1.82, 2.24) is 20.4 Å². The normalized spacial score (nSPS) is 14.8. The highest BCUT2D eigenvalue weighted by Crippen LogP contribution is 2.16. The van der Waals surface area contributed by atoms with Crippen LogP contribution in [0.5, 0.6) is 0 Å². The van der Waals surface area contributed by atoms with Crippen LogP contribution >= 0.6 is 0 Å². The highest BCUT2D eigenvalue weighted by Gasteiger charge is 2.31. The Bertz CT molecular complexity index is 966. The first kappa shape index (κ1) is 24.4. The number of carbonyl (C=O) groups excluding carboxylic acids is 1. The Labute approximate surface area is 193 Å². The number of para-hydroxylation sites is 1. The molecule has 1 unspecified atom stereocenters. The Morgan fingerprint density at radius 3 is 2.39 bits per heavy atom. The van der Waals surface area contributed by atoms with E-state index in [4.69, 9.17) is 0 Å². The first-order valence-electron chi connectivity index (χ1n) is 10.9. The van der Waals surface area contributed by atoms with Gasteiger partial charge in [0.25, 0.3) is 5.91 Å². The Morgan fingerprint density at radius 1 is 1.00 bits per heavy atom. The van der Waals surface area contributed by atoms with Crippen molar-refractivity contribution < 1.29 is 20.1 Å². The Hall–Kier alpha value is -3.24. The average molecular weight is 454 g/mol. The zero-order valence-electron chi connectivity index (χ0n) is 18.5. The topological polar surface area (TPSA) is 132 Å². The molecule has 176 valence electrons. The number of benzene rings is 2. The standard InChI is InChI=1S/C24H31N5O4/c1-17(18-9-11-20(12-10-18)29-16-6-15-27-29)28-24(33)22(31)21(30)23(32)26-14-5-13-25-19-7-3-2-4-8-19/h2-4,6-12,15-17,21-22,24-25,28,30-31,33H,5,13-14H2,1H3,(H,26,32)/t17-,21-,22-,24?/m1/s1. The van der Waals surface area contributed by atoms with Crippen molar-refractivity contribution in [3.63, 3.8) is 0 Å². The van der Waals surface area contributed by atoms with E-state index in [1.54, 1.807) is 10.9 Å². The molecule has 0 spiro atoms. The molecule has 0 fully saturated rings. The van der Waals surface area contributed by atoms with Crippen LogP contribution in [0.2, 0.25) is 0 Å². The lowest BCUT2D eigenvalue weighted by atomic mass is 10.1. The minimum Gasteiger partial charge on any atom is -0.386 e. The first-order valence-corrected chi connectivity index (χ1v) is 10.9. The molecule has 33 heavy (non-hydrogen) atoms. The van der Waals surface area contributed by atoms with E-state index in [2.05, 4.69) is 21.0 Å². The first-order chi connectivity index (χ1) is 16.0. The van der Waals surface area contributed by atoms with Crippen molar-refractivity contribution in [2.24, 2.45) is 0 Å². The molecule has 9 nitrogen and oxygen atoms in total. The fraction of sp³-hybridized carbons (Fsp3) is 0.333. The van der Waals surface area contributed by atoms with E-state index in [9.17, 15) is 20.1 Å². The molecule has 0 bridgehead atoms. The SMILES string of the molecule is C[C@@H](NC(O)[C@H](O)[C@@H](O)C(=O)NCCCNc1ccccc1)c1ccc(-n2cccn2)cc1. The molecule has 4 atom stereocenters. The van der Waals surface area contributed by atoms with Crippen molar-refractivity contribution in [3.8, 4) is 5.69 Å². The number of aliphatic hydroxyl groups is 3. The maximum absolute atomic E-state index is 12.1. The summed E-state index contributed by atoms with van der Waals surface area (Å²) < 4.78 is 1.73. The number of anilines is 1. The Balaban J connectivity index is 1.40. The van der Waals surface area contributed by atoms with Gasteiger partial charge in [-0.1, -0.05) is 30.3 Å². The Kier molecular flexibility index (Phi) is 8.96. The molecule has 0 aliphatic rings. The minimum absolute atomic E-state index is 0.324. The van der Waals surface area contributed by atoms with E-state index in [1.165, 1.54) is 0 Å². The van der Waals surface area contributed by atoms with E-state index in [-0.39, 0.29) is 6.04 Å². The fourth-order valence-electron chi connectivity index (χ4n) is 3.31. The van der Waals surface area contributed by atoms with Crippen molar-refractivity contribution in [2.45, 2.75) is 37.8 Å². The number of carbonyl (C=O) groups is 1. The van der Waals surface area contributed by atoms with Crippen LogP contribution in [-0.2, 0) is 4.79 Å². The van der Waals surface area contributed by atoms with Gasteiger partial charge in [-0.3, -0.25) is 10.1 Å². The predicted octanol–water partition coefficient (Wildman–Crippen LogP) is 1.18. The summed E-state index contributed by atoms with van der Waals surface area (Å²) in [6.07, 6.45) is -0.772. The average Bonchev–Trinajstić information content (AvgIpc) is 3.38. The van der Waals surface area contributed by atoms with E-state index >= 15 is 0 Å². The number of hydrogen-bond acceptors (Lipinski definition) is 7. The molecular weight excluding hydrogens is 422 g/mol. The summed E-state index contributed by atoms with van der Waals surface area (Å²) in [5.41, 5.74) is 2.74. The van der Waals surface area contributed by atoms with Gasteiger partial charge in [-0.05, 0) is 49.2 Å². The number of aromatic nitrogens is 2. The third-order valence-electron chi connectivity index (χ3n) is 5.25. The second kappa shape index (κ2) is 12.1. The van der Waals surface area contributed by atoms with Crippen LogP contribution < -0.4 is 16.0 Å². The second-order valence-corrected chi connectivity index (χ2v) is 7.75. The zero-order chi connectivity index (χ0) is 23.6.